The van der Waals surface area contributed by atoms with Crippen LogP contribution in [0.4, 0.5) is 5.00 Å². The average molecular weight is 289 g/mol. The lowest BCUT2D eigenvalue weighted by Crippen LogP contribution is -2.35. The number of benzene rings is 1. The number of hydrogen-bond donors (Lipinski definition) is 1. The largest absolute Gasteiger partial charge is 0.375 e. The first-order valence-electron chi connectivity index (χ1n) is 7.63. The van der Waals surface area contributed by atoms with E-state index in [1.165, 1.54) is 49.3 Å². The molecule has 1 aliphatic heterocycles. The molecule has 1 N–H and O–H groups in total. The van der Waals surface area contributed by atoms with E-state index in [2.05, 4.69) is 39.7 Å². The van der Waals surface area contributed by atoms with Gasteiger partial charge in [-0.3, -0.25) is 0 Å². The summed E-state index contributed by atoms with van der Waals surface area (Å²) in [6.45, 7) is 7.15. The van der Waals surface area contributed by atoms with Gasteiger partial charge in [-0.05, 0) is 55.5 Å². The smallest absolute Gasteiger partial charge is 0.117 e. The highest BCUT2D eigenvalue weighted by molar-refractivity contribution is 7.11. The molecule has 1 saturated heterocycles. The van der Waals surface area contributed by atoms with Crippen molar-refractivity contribution >= 4 is 27.4 Å². The lowest BCUT2D eigenvalue weighted by atomic mass is 10.1. The molecule has 0 saturated carbocycles. The lowest BCUT2D eigenvalue weighted by Gasteiger charge is -2.29. The Morgan fingerprint density at radius 2 is 2.05 bits per heavy atom. The predicted molar refractivity (Wildman–Crippen MR) is 87.6 cm³/mol. The first-order chi connectivity index (χ1) is 9.83. The van der Waals surface area contributed by atoms with Crippen LogP contribution in [0.25, 0.3) is 10.9 Å². The Hall–Kier alpha value is -1.13. The molecule has 1 atom stereocenters. The van der Waals surface area contributed by atoms with E-state index in [0.29, 0.717) is 5.92 Å². The Kier molecular flexibility index (Phi) is 4.53. The third-order valence-corrected chi connectivity index (χ3v) is 4.85. The second-order valence-corrected chi connectivity index (χ2v) is 6.65. The average Bonchev–Trinajstić information content (AvgIpc) is 2.89. The maximum Gasteiger partial charge on any atom is 0.117 e. The first kappa shape index (κ1) is 13.8. The van der Waals surface area contributed by atoms with E-state index in [4.69, 9.17) is 0 Å². The van der Waals surface area contributed by atoms with Crippen LogP contribution in [-0.2, 0) is 0 Å². The number of rotatable bonds is 5. The molecule has 0 radical (unpaired) electrons. The fourth-order valence-electron chi connectivity index (χ4n) is 2.93. The number of nitrogens with one attached hydrogen (secondary N) is 1. The monoisotopic (exact) mass is 289 g/mol. The summed E-state index contributed by atoms with van der Waals surface area (Å²) < 4.78 is 4.48. The van der Waals surface area contributed by atoms with E-state index in [0.717, 1.165) is 12.1 Å². The summed E-state index contributed by atoms with van der Waals surface area (Å²) in [5.41, 5.74) is 1.10. The molecule has 108 valence electrons. The highest BCUT2D eigenvalue weighted by atomic mass is 32.1. The summed E-state index contributed by atoms with van der Waals surface area (Å²) in [7, 11) is 0. The number of aromatic nitrogens is 1. The molecule has 2 heterocycles. The molecule has 0 spiro atoms. The van der Waals surface area contributed by atoms with Gasteiger partial charge in [0, 0.05) is 18.5 Å². The van der Waals surface area contributed by atoms with Crippen molar-refractivity contribution in [3.8, 4) is 0 Å². The number of anilines is 1. The Bertz CT molecular complexity index is 545. The van der Waals surface area contributed by atoms with Crippen LogP contribution in [0.1, 0.15) is 26.2 Å². The van der Waals surface area contributed by atoms with Crippen molar-refractivity contribution in [3.63, 3.8) is 0 Å². The molecule has 2 aromatic rings. The highest BCUT2D eigenvalue weighted by Crippen LogP contribution is 2.27. The predicted octanol–water partition coefficient (Wildman–Crippen LogP) is 3.83. The molecule has 1 aromatic carbocycles. The van der Waals surface area contributed by atoms with Gasteiger partial charge in [0.05, 0.1) is 5.52 Å². The Balaban J connectivity index is 1.53. The Morgan fingerprint density at radius 1 is 1.25 bits per heavy atom. The van der Waals surface area contributed by atoms with E-state index >= 15 is 0 Å². The zero-order chi connectivity index (χ0) is 13.8. The van der Waals surface area contributed by atoms with E-state index in [9.17, 15) is 0 Å². The summed E-state index contributed by atoms with van der Waals surface area (Å²) in [4.78, 5) is 2.61. The summed E-state index contributed by atoms with van der Waals surface area (Å²) in [5, 5.41) is 6.05. The van der Waals surface area contributed by atoms with Crippen molar-refractivity contribution in [1.29, 1.82) is 0 Å². The molecular weight excluding hydrogens is 266 g/mol. The summed E-state index contributed by atoms with van der Waals surface area (Å²) in [6, 6.07) is 8.36. The normalized spacial score (nSPS) is 18.2. The van der Waals surface area contributed by atoms with Crippen molar-refractivity contribution in [2.24, 2.45) is 5.92 Å². The van der Waals surface area contributed by atoms with Crippen molar-refractivity contribution in [2.75, 3.05) is 31.5 Å². The molecule has 20 heavy (non-hydrogen) atoms. The minimum atomic E-state index is 0.675. The number of hydrogen-bond acceptors (Lipinski definition) is 4. The van der Waals surface area contributed by atoms with Crippen LogP contribution in [0.15, 0.2) is 24.3 Å². The lowest BCUT2D eigenvalue weighted by molar-refractivity contribution is 0.204. The molecule has 0 aliphatic carbocycles. The van der Waals surface area contributed by atoms with E-state index in [-0.39, 0.29) is 0 Å². The molecule has 1 unspecified atom stereocenters. The second-order valence-electron chi connectivity index (χ2n) is 5.88. The van der Waals surface area contributed by atoms with Gasteiger partial charge in [-0.15, -0.1) is 0 Å². The van der Waals surface area contributed by atoms with Gasteiger partial charge in [-0.2, -0.15) is 4.37 Å². The minimum absolute atomic E-state index is 0.675. The van der Waals surface area contributed by atoms with Crippen LogP contribution in [0.2, 0.25) is 0 Å². The summed E-state index contributed by atoms with van der Waals surface area (Å²) in [5.74, 6) is 0.675. The second kappa shape index (κ2) is 6.55. The zero-order valence-corrected chi connectivity index (χ0v) is 13.0. The Morgan fingerprint density at radius 3 is 2.90 bits per heavy atom. The van der Waals surface area contributed by atoms with Crippen LogP contribution < -0.4 is 5.32 Å². The maximum atomic E-state index is 4.48. The first-order valence-corrected chi connectivity index (χ1v) is 8.41. The zero-order valence-electron chi connectivity index (χ0n) is 12.1. The van der Waals surface area contributed by atoms with Crippen molar-refractivity contribution in [1.82, 2.24) is 9.27 Å². The number of likely N-dealkylation sites (tertiary alicyclic amines) is 1. The quantitative estimate of drug-likeness (QED) is 0.906. The van der Waals surface area contributed by atoms with Crippen LogP contribution in [0.3, 0.4) is 0 Å². The molecule has 1 aliphatic rings. The van der Waals surface area contributed by atoms with E-state index in [1.54, 1.807) is 11.5 Å². The van der Waals surface area contributed by atoms with Crippen molar-refractivity contribution < 1.29 is 0 Å². The highest BCUT2D eigenvalue weighted by Gasteiger charge is 2.14. The topological polar surface area (TPSA) is 28.2 Å². The molecule has 3 nitrogen and oxygen atoms in total. The molecule has 1 fully saturated rings. The number of fused-ring (bicyclic) bond motifs is 1. The number of nitrogens with zero attached hydrogens (tertiary/aromatic N) is 2. The Labute approximate surface area is 125 Å². The van der Waals surface area contributed by atoms with Crippen LogP contribution >= 0.6 is 11.5 Å². The van der Waals surface area contributed by atoms with Gasteiger partial charge in [0.2, 0.25) is 0 Å². The fourth-order valence-corrected chi connectivity index (χ4v) is 3.70. The SMILES string of the molecule is CC(CNc1snc2ccccc12)CN1CCCCC1. The van der Waals surface area contributed by atoms with Gasteiger partial charge in [0.1, 0.15) is 5.00 Å². The van der Waals surface area contributed by atoms with Gasteiger partial charge in [0.25, 0.3) is 0 Å². The fraction of sp³-hybridized carbons (Fsp3) is 0.562. The standard InChI is InChI=1S/C16H23N3S/c1-13(12-19-9-5-2-6-10-19)11-17-16-14-7-3-4-8-15(14)18-20-16/h3-4,7-8,13,17H,2,5-6,9-12H2,1H3. The third kappa shape index (κ3) is 3.30. The molecule has 1 aromatic heterocycles. The molecule has 4 heteroatoms. The van der Waals surface area contributed by atoms with Crippen LogP contribution in [-0.4, -0.2) is 35.5 Å². The van der Waals surface area contributed by atoms with Gasteiger partial charge < -0.3 is 10.2 Å². The van der Waals surface area contributed by atoms with Crippen molar-refractivity contribution in [3.05, 3.63) is 24.3 Å². The van der Waals surface area contributed by atoms with E-state index in [1.807, 2.05) is 6.07 Å². The molecular formula is C16H23N3S. The summed E-state index contributed by atoms with van der Waals surface area (Å²) >= 11 is 1.58. The van der Waals surface area contributed by atoms with E-state index < -0.39 is 0 Å². The van der Waals surface area contributed by atoms with Crippen molar-refractivity contribution in [2.45, 2.75) is 26.2 Å². The number of piperidine rings is 1. The van der Waals surface area contributed by atoms with Gasteiger partial charge >= 0.3 is 0 Å². The summed E-state index contributed by atoms with van der Waals surface area (Å²) in [6.07, 6.45) is 4.16. The van der Waals surface area contributed by atoms with Gasteiger partial charge in [-0.1, -0.05) is 25.5 Å². The molecule has 0 amide bonds. The molecule has 0 bridgehead atoms. The third-order valence-electron chi connectivity index (χ3n) is 4.01. The van der Waals surface area contributed by atoms with Crippen LogP contribution in [0, 0.1) is 5.92 Å². The van der Waals surface area contributed by atoms with Gasteiger partial charge in [-0.25, -0.2) is 0 Å². The maximum absolute atomic E-state index is 4.48. The van der Waals surface area contributed by atoms with Gasteiger partial charge in [0.15, 0.2) is 0 Å². The molecule has 3 rings (SSSR count). The minimum Gasteiger partial charge on any atom is -0.375 e. The van der Waals surface area contributed by atoms with Crippen LogP contribution in [0.5, 0.6) is 0 Å².